The first-order chi connectivity index (χ1) is 16.7. The Morgan fingerprint density at radius 1 is 1.20 bits per heavy atom. The number of aromatic nitrogens is 1. The third-order valence-electron chi connectivity index (χ3n) is 6.35. The molecule has 7 nitrogen and oxygen atoms in total. The molecule has 2 amide bonds. The number of carbonyl (C=O) groups excluding carboxylic acids is 2. The average molecular weight is 489 g/mol. The van der Waals surface area contributed by atoms with Crippen molar-refractivity contribution in [3.8, 4) is 5.88 Å². The van der Waals surface area contributed by atoms with Gasteiger partial charge >= 0.3 is 6.18 Å². The Kier molecular flexibility index (Phi) is 7.39. The summed E-state index contributed by atoms with van der Waals surface area (Å²) < 4.78 is 43.8. The third-order valence-corrected chi connectivity index (χ3v) is 6.35. The average Bonchev–Trinajstić information content (AvgIpc) is 2.84. The summed E-state index contributed by atoms with van der Waals surface area (Å²) in [6.45, 7) is 1.14. The Hall–Kier alpha value is -3.40. The van der Waals surface area contributed by atoms with E-state index in [1.807, 2.05) is 12.1 Å². The predicted octanol–water partition coefficient (Wildman–Crippen LogP) is 3.28. The minimum absolute atomic E-state index is 0.0169. The molecule has 2 aromatic rings. The van der Waals surface area contributed by atoms with Gasteiger partial charge in [0.1, 0.15) is 0 Å². The molecule has 2 N–H and O–H groups in total. The molecule has 0 radical (unpaired) electrons. The third kappa shape index (κ3) is 6.00. The van der Waals surface area contributed by atoms with Crippen LogP contribution in [-0.4, -0.2) is 60.5 Å². The van der Waals surface area contributed by atoms with E-state index in [2.05, 4.69) is 26.6 Å². The van der Waals surface area contributed by atoms with Crippen molar-refractivity contribution in [3.05, 3.63) is 65.4 Å². The highest BCUT2D eigenvalue weighted by atomic mass is 19.4. The second-order valence-corrected chi connectivity index (χ2v) is 8.70. The fourth-order valence-corrected chi connectivity index (χ4v) is 4.47. The number of nitrogens with one attached hydrogen (secondary N) is 2. The van der Waals surface area contributed by atoms with Crippen molar-refractivity contribution in [2.75, 3.05) is 26.7 Å². The standard InChI is InChI=1S/C25H27F3N4O3/c1-35-24-21(6-3-11-29-24)16-7-9-20(10-8-16)32-14-19(15-32)31-22(33)13-30-23(34)17-4-2-5-18(12-17)25(26,27)28/h2-7,11-12,19-20H,8-10,13-15H2,1H3,(H,30,34)(H,31,33). The number of amides is 2. The van der Waals surface area contributed by atoms with Gasteiger partial charge < -0.3 is 15.4 Å². The van der Waals surface area contributed by atoms with Crippen LogP contribution in [0.5, 0.6) is 5.88 Å². The van der Waals surface area contributed by atoms with Gasteiger partial charge in [-0.2, -0.15) is 13.2 Å². The maximum Gasteiger partial charge on any atom is 0.416 e. The van der Waals surface area contributed by atoms with Crippen molar-refractivity contribution in [1.29, 1.82) is 0 Å². The molecule has 1 aliphatic heterocycles. The SMILES string of the molecule is COc1ncccc1C1=CCC(N2CC(NC(=O)CNC(=O)c3cccc(C(F)(F)F)c3)C2)CC1. The number of rotatable bonds is 7. The van der Waals surface area contributed by atoms with Crippen LogP contribution in [-0.2, 0) is 11.0 Å². The molecule has 10 heteroatoms. The van der Waals surface area contributed by atoms with Crippen molar-refractivity contribution in [1.82, 2.24) is 20.5 Å². The van der Waals surface area contributed by atoms with Gasteiger partial charge in [-0.25, -0.2) is 4.98 Å². The summed E-state index contributed by atoms with van der Waals surface area (Å²) in [5.74, 6) is -0.468. The number of benzene rings is 1. The molecule has 1 atom stereocenters. The van der Waals surface area contributed by atoms with E-state index in [4.69, 9.17) is 4.74 Å². The first-order valence-corrected chi connectivity index (χ1v) is 11.4. The number of hydrogen-bond donors (Lipinski definition) is 2. The van der Waals surface area contributed by atoms with Crippen molar-refractivity contribution in [2.45, 2.75) is 37.5 Å². The summed E-state index contributed by atoms with van der Waals surface area (Å²) in [5, 5.41) is 5.24. The van der Waals surface area contributed by atoms with Crippen molar-refractivity contribution < 1.29 is 27.5 Å². The molecule has 2 heterocycles. The van der Waals surface area contributed by atoms with Crippen LogP contribution in [0.2, 0.25) is 0 Å². The fourth-order valence-electron chi connectivity index (χ4n) is 4.47. The van der Waals surface area contributed by atoms with Gasteiger partial charge in [0.2, 0.25) is 11.8 Å². The second kappa shape index (κ2) is 10.5. The normalized spacial score (nSPS) is 18.9. The highest BCUT2D eigenvalue weighted by Crippen LogP contribution is 2.34. The number of allylic oxidation sites excluding steroid dienone is 1. The topological polar surface area (TPSA) is 83.6 Å². The Balaban J connectivity index is 1.20. The Morgan fingerprint density at radius 2 is 2.00 bits per heavy atom. The molecule has 0 bridgehead atoms. The number of ether oxygens (including phenoxy) is 1. The number of carbonyl (C=O) groups is 2. The van der Waals surface area contributed by atoms with Crippen molar-refractivity contribution in [3.63, 3.8) is 0 Å². The van der Waals surface area contributed by atoms with Crippen LogP contribution in [0.25, 0.3) is 5.57 Å². The molecule has 1 unspecified atom stereocenters. The van der Waals surface area contributed by atoms with Gasteiger partial charge in [-0.1, -0.05) is 12.1 Å². The van der Waals surface area contributed by atoms with Gasteiger partial charge in [-0.3, -0.25) is 14.5 Å². The van der Waals surface area contributed by atoms with Gasteiger partial charge in [-0.15, -0.1) is 0 Å². The molecule has 0 spiro atoms. The van der Waals surface area contributed by atoms with E-state index in [0.29, 0.717) is 11.9 Å². The summed E-state index contributed by atoms with van der Waals surface area (Å²) in [5.41, 5.74) is 1.20. The lowest BCUT2D eigenvalue weighted by Gasteiger charge is -2.45. The van der Waals surface area contributed by atoms with Crippen LogP contribution in [0.4, 0.5) is 13.2 Å². The van der Waals surface area contributed by atoms with E-state index in [-0.39, 0.29) is 24.1 Å². The minimum atomic E-state index is -4.54. The van der Waals surface area contributed by atoms with Crippen molar-refractivity contribution in [2.24, 2.45) is 0 Å². The van der Waals surface area contributed by atoms with Crippen LogP contribution < -0.4 is 15.4 Å². The molecule has 2 aliphatic rings. The Morgan fingerprint density at radius 3 is 2.69 bits per heavy atom. The predicted molar refractivity (Wildman–Crippen MR) is 124 cm³/mol. The number of pyridine rings is 1. The smallest absolute Gasteiger partial charge is 0.416 e. The molecule has 1 aromatic carbocycles. The first-order valence-electron chi connectivity index (χ1n) is 11.4. The highest BCUT2D eigenvalue weighted by molar-refractivity contribution is 5.96. The lowest BCUT2D eigenvalue weighted by Crippen LogP contribution is -2.63. The minimum Gasteiger partial charge on any atom is -0.481 e. The number of likely N-dealkylation sites (tertiary alicyclic amines) is 1. The van der Waals surface area contributed by atoms with Gasteiger partial charge in [0.05, 0.1) is 25.3 Å². The largest absolute Gasteiger partial charge is 0.481 e. The molecule has 1 aromatic heterocycles. The molecule has 0 saturated carbocycles. The van der Waals surface area contributed by atoms with Gasteiger partial charge in [0, 0.05) is 36.5 Å². The number of methoxy groups -OCH3 is 1. The maximum atomic E-state index is 12.8. The number of nitrogens with zero attached hydrogens (tertiary/aromatic N) is 2. The van der Waals surface area contributed by atoms with Gasteiger partial charge in [0.15, 0.2) is 0 Å². The second-order valence-electron chi connectivity index (χ2n) is 8.70. The molecule has 1 aliphatic carbocycles. The van der Waals surface area contributed by atoms with Crippen LogP contribution >= 0.6 is 0 Å². The number of hydrogen-bond acceptors (Lipinski definition) is 5. The van der Waals surface area contributed by atoms with Crippen LogP contribution in [0.3, 0.4) is 0 Å². The summed E-state index contributed by atoms with van der Waals surface area (Å²) in [7, 11) is 1.61. The van der Waals surface area contributed by atoms with Crippen molar-refractivity contribution >= 4 is 17.4 Å². The van der Waals surface area contributed by atoms with Gasteiger partial charge in [-0.05, 0) is 55.2 Å². The van der Waals surface area contributed by atoms with Gasteiger partial charge in [0.25, 0.3) is 5.91 Å². The zero-order valence-electron chi connectivity index (χ0n) is 19.3. The van der Waals surface area contributed by atoms with E-state index in [0.717, 1.165) is 56.1 Å². The molecule has 4 rings (SSSR count). The highest BCUT2D eigenvalue weighted by Gasteiger charge is 2.34. The molecule has 35 heavy (non-hydrogen) atoms. The summed E-state index contributed by atoms with van der Waals surface area (Å²) >= 11 is 0. The first kappa shape index (κ1) is 24.7. The summed E-state index contributed by atoms with van der Waals surface area (Å²) in [6.07, 6.45) is 2.22. The van der Waals surface area contributed by atoms with Crippen LogP contribution in [0.1, 0.15) is 40.7 Å². The fraction of sp³-hybridized carbons (Fsp3) is 0.400. The maximum absolute atomic E-state index is 12.8. The Labute approximate surface area is 201 Å². The summed E-state index contributed by atoms with van der Waals surface area (Å²) in [4.78, 5) is 30.9. The monoisotopic (exact) mass is 488 g/mol. The number of alkyl halides is 3. The van der Waals surface area contributed by atoms with E-state index in [1.165, 1.54) is 11.6 Å². The zero-order valence-corrected chi connectivity index (χ0v) is 19.3. The molecule has 186 valence electrons. The Bertz CT molecular complexity index is 1110. The summed E-state index contributed by atoms with van der Waals surface area (Å²) in [6, 6.07) is 8.40. The molecule has 1 fully saturated rings. The lowest BCUT2D eigenvalue weighted by atomic mass is 9.88. The molecular weight excluding hydrogens is 461 g/mol. The number of halogens is 3. The quantitative estimate of drug-likeness (QED) is 0.625. The van der Waals surface area contributed by atoms with Crippen LogP contribution in [0.15, 0.2) is 48.7 Å². The van der Waals surface area contributed by atoms with E-state index >= 15 is 0 Å². The van der Waals surface area contributed by atoms with E-state index in [1.54, 1.807) is 13.3 Å². The molecule has 1 saturated heterocycles. The lowest BCUT2D eigenvalue weighted by molar-refractivity contribution is -0.137. The van der Waals surface area contributed by atoms with Crippen LogP contribution in [0, 0.1) is 0 Å². The zero-order chi connectivity index (χ0) is 25.0. The van der Waals surface area contributed by atoms with E-state index in [9.17, 15) is 22.8 Å². The molecular formula is C25H27F3N4O3. The van der Waals surface area contributed by atoms with E-state index < -0.39 is 17.6 Å².